The van der Waals surface area contributed by atoms with Gasteiger partial charge in [0.1, 0.15) is 6.04 Å². The van der Waals surface area contributed by atoms with Crippen LogP contribution in [0.3, 0.4) is 0 Å². The average Bonchev–Trinajstić information content (AvgIpc) is 2.98. The predicted molar refractivity (Wildman–Crippen MR) is 106 cm³/mol. The van der Waals surface area contributed by atoms with Crippen LogP contribution in [0.25, 0.3) is 0 Å². The Morgan fingerprint density at radius 2 is 1.72 bits per heavy atom. The summed E-state index contributed by atoms with van der Waals surface area (Å²) >= 11 is 0. The Labute approximate surface area is 168 Å². The van der Waals surface area contributed by atoms with Crippen molar-refractivity contribution in [3.8, 4) is 0 Å². The summed E-state index contributed by atoms with van der Waals surface area (Å²) in [5.74, 6) is -2.01. The van der Waals surface area contributed by atoms with Gasteiger partial charge in [-0.1, -0.05) is 37.3 Å². The van der Waals surface area contributed by atoms with Gasteiger partial charge >= 0.3 is 0 Å². The van der Waals surface area contributed by atoms with Crippen LogP contribution in [0.15, 0.2) is 42.5 Å². The number of fused-ring (bicyclic) bond motifs is 1. The Morgan fingerprint density at radius 1 is 1.00 bits per heavy atom. The van der Waals surface area contributed by atoms with Gasteiger partial charge in [-0.15, -0.1) is 0 Å². The first-order chi connectivity index (χ1) is 14.0. The van der Waals surface area contributed by atoms with E-state index in [0.717, 1.165) is 16.9 Å². The molecule has 1 fully saturated rings. The zero-order chi connectivity index (χ0) is 20.5. The average molecular weight is 391 g/mol. The van der Waals surface area contributed by atoms with Crippen molar-refractivity contribution in [1.29, 1.82) is 0 Å². The summed E-state index contributed by atoms with van der Waals surface area (Å²) in [4.78, 5) is 50.5. The van der Waals surface area contributed by atoms with Crippen molar-refractivity contribution < 1.29 is 19.2 Å². The third-order valence-electron chi connectivity index (χ3n) is 5.38. The number of carbonyl (C=O) groups excluding carboxylic acids is 4. The largest absolute Gasteiger partial charge is 0.380 e. The minimum Gasteiger partial charge on any atom is -0.380 e. The van der Waals surface area contributed by atoms with Gasteiger partial charge in [0.25, 0.3) is 11.8 Å². The number of amides is 4. The molecule has 0 saturated carbocycles. The molecule has 2 heterocycles. The number of hydrogen-bond acceptors (Lipinski definition) is 5. The van der Waals surface area contributed by atoms with E-state index in [1.54, 1.807) is 18.2 Å². The Morgan fingerprint density at radius 3 is 2.41 bits per heavy atom. The van der Waals surface area contributed by atoms with Crippen molar-refractivity contribution in [3.63, 3.8) is 0 Å². The number of carbonyl (C=O) groups is 4. The van der Waals surface area contributed by atoms with Crippen LogP contribution >= 0.6 is 0 Å². The molecular formula is C22H21N3O4. The molecule has 2 aromatic carbocycles. The summed E-state index contributed by atoms with van der Waals surface area (Å²) in [6, 6.07) is 12.3. The van der Waals surface area contributed by atoms with Gasteiger partial charge in [0.05, 0.1) is 11.1 Å². The molecule has 0 unspecified atom stereocenters. The Bertz CT molecular complexity index is 1010. The van der Waals surface area contributed by atoms with Gasteiger partial charge in [-0.2, -0.15) is 0 Å². The van der Waals surface area contributed by atoms with E-state index in [2.05, 4.69) is 29.7 Å². The van der Waals surface area contributed by atoms with Crippen LogP contribution in [0.2, 0.25) is 0 Å². The van der Waals surface area contributed by atoms with E-state index in [4.69, 9.17) is 0 Å². The number of benzene rings is 2. The number of rotatable bonds is 5. The second-order valence-corrected chi connectivity index (χ2v) is 7.20. The lowest BCUT2D eigenvalue weighted by Gasteiger charge is -2.27. The van der Waals surface area contributed by atoms with Crippen molar-refractivity contribution in [3.05, 3.63) is 64.7 Å². The van der Waals surface area contributed by atoms with Crippen LogP contribution in [0.5, 0.6) is 0 Å². The molecule has 4 rings (SSSR count). The Hall–Kier alpha value is -3.48. The number of aryl methyl sites for hydroxylation is 1. The quantitative estimate of drug-likeness (QED) is 0.763. The van der Waals surface area contributed by atoms with E-state index < -0.39 is 23.8 Å². The molecule has 0 spiro atoms. The molecule has 0 aromatic heterocycles. The van der Waals surface area contributed by atoms with Gasteiger partial charge in [0.15, 0.2) is 0 Å². The van der Waals surface area contributed by atoms with Crippen LogP contribution in [0.1, 0.15) is 51.6 Å². The van der Waals surface area contributed by atoms with E-state index in [9.17, 15) is 19.2 Å². The topological polar surface area (TPSA) is 95.6 Å². The van der Waals surface area contributed by atoms with E-state index in [1.165, 1.54) is 5.56 Å². The monoisotopic (exact) mass is 391 g/mol. The number of anilines is 1. The lowest BCUT2D eigenvalue weighted by atomic mass is 10.0. The maximum atomic E-state index is 13.0. The fourth-order valence-corrected chi connectivity index (χ4v) is 3.75. The fraction of sp³-hybridized carbons (Fsp3) is 0.273. The zero-order valence-corrected chi connectivity index (χ0v) is 16.0. The van der Waals surface area contributed by atoms with E-state index in [0.29, 0.717) is 12.2 Å². The van der Waals surface area contributed by atoms with Gasteiger partial charge in [0, 0.05) is 18.7 Å². The highest BCUT2D eigenvalue weighted by Crippen LogP contribution is 2.32. The highest BCUT2D eigenvalue weighted by Gasteiger charge is 2.45. The number of imide groups is 2. The molecule has 2 N–H and O–H groups in total. The highest BCUT2D eigenvalue weighted by molar-refractivity contribution is 6.25. The molecule has 148 valence electrons. The summed E-state index contributed by atoms with van der Waals surface area (Å²) in [6.45, 7) is 2.59. The summed E-state index contributed by atoms with van der Waals surface area (Å²) in [7, 11) is 0. The zero-order valence-electron chi connectivity index (χ0n) is 16.0. The fourth-order valence-electron chi connectivity index (χ4n) is 3.75. The molecule has 0 aliphatic carbocycles. The second kappa shape index (κ2) is 7.50. The van der Waals surface area contributed by atoms with Gasteiger partial charge in [-0.05, 0) is 36.1 Å². The predicted octanol–water partition coefficient (Wildman–Crippen LogP) is 2.26. The van der Waals surface area contributed by atoms with Gasteiger partial charge in [0.2, 0.25) is 11.8 Å². The first kappa shape index (κ1) is 18.9. The Balaban J connectivity index is 1.57. The molecule has 7 nitrogen and oxygen atoms in total. The van der Waals surface area contributed by atoms with Crippen molar-refractivity contribution in [2.45, 2.75) is 38.8 Å². The standard InChI is InChI=1S/C22H21N3O4/c1-2-13-6-8-14(9-7-13)12-23-16-5-3-4-15-19(16)22(29)25(21(15)28)17-10-11-18(26)24-20(17)27/h3-9,17,23H,2,10-12H2,1H3,(H,24,26,27)/t17-/m1/s1. The summed E-state index contributed by atoms with van der Waals surface area (Å²) in [5, 5.41) is 5.44. The highest BCUT2D eigenvalue weighted by atomic mass is 16.2. The summed E-state index contributed by atoms with van der Waals surface area (Å²) in [6.07, 6.45) is 1.21. The van der Waals surface area contributed by atoms with Crippen LogP contribution < -0.4 is 10.6 Å². The van der Waals surface area contributed by atoms with Gasteiger partial charge in [-0.25, -0.2) is 0 Å². The molecule has 0 bridgehead atoms. The third-order valence-corrected chi connectivity index (χ3v) is 5.38. The van der Waals surface area contributed by atoms with Crippen molar-refractivity contribution >= 4 is 29.3 Å². The minimum absolute atomic E-state index is 0.0999. The molecule has 7 heteroatoms. The van der Waals surface area contributed by atoms with Crippen molar-refractivity contribution in [1.82, 2.24) is 10.2 Å². The van der Waals surface area contributed by atoms with Gasteiger partial charge < -0.3 is 5.32 Å². The lowest BCUT2D eigenvalue weighted by Crippen LogP contribution is -2.54. The van der Waals surface area contributed by atoms with Crippen LogP contribution in [-0.4, -0.2) is 34.6 Å². The second-order valence-electron chi connectivity index (χ2n) is 7.20. The molecule has 29 heavy (non-hydrogen) atoms. The lowest BCUT2D eigenvalue weighted by molar-refractivity contribution is -0.136. The number of nitrogens with one attached hydrogen (secondary N) is 2. The molecule has 2 aliphatic heterocycles. The number of nitrogens with zero attached hydrogens (tertiary/aromatic N) is 1. The third kappa shape index (κ3) is 3.40. The first-order valence-corrected chi connectivity index (χ1v) is 9.66. The molecule has 0 radical (unpaired) electrons. The molecule has 2 aliphatic rings. The Kier molecular flexibility index (Phi) is 4.88. The van der Waals surface area contributed by atoms with Crippen molar-refractivity contribution in [2.75, 3.05) is 5.32 Å². The van der Waals surface area contributed by atoms with Crippen LogP contribution in [0.4, 0.5) is 5.69 Å². The van der Waals surface area contributed by atoms with Crippen LogP contribution in [-0.2, 0) is 22.6 Å². The van der Waals surface area contributed by atoms with E-state index >= 15 is 0 Å². The summed E-state index contributed by atoms with van der Waals surface area (Å²) < 4.78 is 0. The normalized spacial score (nSPS) is 18.7. The van der Waals surface area contributed by atoms with Gasteiger partial charge in [-0.3, -0.25) is 29.4 Å². The molecule has 1 atom stereocenters. The molecule has 4 amide bonds. The number of hydrogen-bond donors (Lipinski definition) is 2. The molecule has 1 saturated heterocycles. The van der Waals surface area contributed by atoms with E-state index in [1.807, 2.05) is 12.1 Å². The SMILES string of the molecule is CCc1ccc(CNc2cccc3c2C(=O)N([C@@H]2CCC(=O)NC2=O)C3=O)cc1. The molecule has 2 aromatic rings. The van der Waals surface area contributed by atoms with E-state index in [-0.39, 0.29) is 29.9 Å². The minimum atomic E-state index is -0.963. The maximum absolute atomic E-state index is 13.0. The number of piperidine rings is 1. The molecular weight excluding hydrogens is 370 g/mol. The maximum Gasteiger partial charge on any atom is 0.264 e. The van der Waals surface area contributed by atoms with Crippen molar-refractivity contribution in [2.24, 2.45) is 0 Å². The smallest absolute Gasteiger partial charge is 0.264 e. The summed E-state index contributed by atoms with van der Waals surface area (Å²) in [5.41, 5.74) is 3.39. The van der Waals surface area contributed by atoms with Crippen LogP contribution in [0, 0.1) is 0 Å². The first-order valence-electron chi connectivity index (χ1n) is 9.66.